The highest BCUT2D eigenvalue weighted by atomic mass is 32.2. The van der Waals surface area contributed by atoms with Gasteiger partial charge in [-0.25, -0.2) is 13.4 Å². The first-order valence-electron chi connectivity index (χ1n) is 6.66. The first-order valence-corrected chi connectivity index (χ1v) is 8.14. The molecule has 1 heterocycles. The van der Waals surface area contributed by atoms with Crippen molar-refractivity contribution in [3.63, 3.8) is 0 Å². The first-order chi connectivity index (χ1) is 11.8. The molecule has 0 fully saturated rings. The average molecular weight is 400 g/mol. The van der Waals surface area contributed by atoms with Crippen molar-refractivity contribution in [2.24, 2.45) is 0 Å². The highest BCUT2D eigenvalue weighted by molar-refractivity contribution is 7.92. The summed E-state index contributed by atoms with van der Waals surface area (Å²) in [7, 11) is -5.57. The van der Waals surface area contributed by atoms with E-state index in [2.05, 4.69) is 15.3 Å². The van der Waals surface area contributed by atoms with Crippen LogP contribution in [-0.2, 0) is 22.6 Å². The zero-order valence-corrected chi connectivity index (χ0v) is 13.4. The van der Waals surface area contributed by atoms with E-state index in [4.69, 9.17) is 5.73 Å². The van der Waals surface area contributed by atoms with Crippen LogP contribution in [0.1, 0.15) is 11.1 Å². The Kier molecular flexibility index (Phi) is 5.03. The number of nitrogens with two attached hydrogens (primary N) is 1. The number of nitrogens with one attached hydrogen (secondary N) is 1. The Bertz CT molecular complexity index is 912. The lowest BCUT2D eigenvalue weighted by atomic mass is 10.2. The summed E-state index contributed by atoms with van der Waals surface area (Å²) in [6, 6.07) is 3.71. The average Bonchev–Trinajstić information content (AvgIpc) is 2.51. The molecule has 0 unspecified atom stereocenters. The summed E-state index contributed by atoms with van der Waals surface area (Å²) in [5.41, 5.74) is -1.51. The Morgan fingerprint density at radius 1 is 1.12 bits per heavy atom. The Balaban J connectivity index is 2.30. The molecule has 0 spiro atoms. The van der Waals surface area contributed by atoms with Crippen molar-refractivity contribution < 1.29 is 34.8 Å². The van der Waals surface area contributed by atoms with E-state index < -0.39 is 50.3 Å². The molecule has 0 aliphatic rings. The molecule has 0 amide bonds. The van der Waals surface area contributed by atoms with Crippen molar-refractivity contribution in [3.8, 4) is 0 Å². The predicted molar refractivity (Wildman–Crippen MR) is 78.5 cm³/mol. The second-order valence-corrected chi connectivity index (χ2v) is 6.88. The number of halogens is 6. The fourth-order valence-corrected chi connectivity index (χ4v) is 2.71. The third-order valence-corrected chi connectivity index (χ3v) is 4.57. The van der Waals surface area contributed by atoms with Crippen molar-refractivity contribution in [1.82, 2.24) is 9.97 Å². The molecule has 0 bridgehead atoms. The van der Waals surface area contributed by atoms with E-state index >= 15 is 0 Å². The van der Waals surface area contributed by atoms with Crippen molar-refractivity contribution in [2.75, 3.05) is 11.1 Å². The van der Waals surface area contributed by atoms with Crippen molar-refractivity contribution in [2.45, 2.75) is 23.1 Å². The molecule has 3 N–H and O–H groups in total. The minimum absolute atomic E-state index is 0.0133. The van der Waals surface area contributed by atoms with Gasteiger partial charge >= 0.3 is 11.7 Å². The number of hydrogen-bond donors (Lipinski definition) is 2. The van der Waals surface area contributed by atoms with Gasteiger partial charge in [0.25, 0.3) is 9.84 Å². The van der Waals surface area contributed by atoms with Crippen LogP contribution in [0.5, 0.6) is 0 Å². The van der Waals surface area contributed by atoms with Gasteiger partial charge in [-0.3, -0.25) is 0 Å². The van der Waals surface area contributed by atoms with Gasteiger partial charge in [-0.15, -0.1) is 0 Å². The molecule has 0 atom stereocenters. The molecule has 0 saturated heterocycles. The molecule has 2 rings (SSSR count). The van der Waals surface area contributed by atoms with Crippen LogP contribution in [-0.4, -0.2) is 23.9 Å². The lowest BCUT2D eigenvalue weighted by Crippen LogP contribution is -2.23. The van der Waals surface area contributed by atoms with Gasteiger partial charge in [0.05, 0.1) is 4.90 Å². The Morgan fingerprint density at radius 3 is 2.35 bits per heavy atom. The molecule has 0 aliphatic carbocycles. The molecule has 6 nitrogen and oxygen atoms in total. The van der Waals surface area contributed by atoms with Gasteiger partial charge in [0, 0.05) is 12.7 Å². The number of anilines is 2. The molecular weight excluding hydrogens is 390 g/mol. The molecule has 2 aromatic rings. The summed E-state index contributed by atoms with van der Waals surface area (Å²) in [4.78, 5) is 5.61. The van der Waals surface area contributed by atoms with Crippen LogP contribution in [0.15, 0.2) is 35.4 Å². The Labute approximate surface area is 143 Å². The summed E-state index contributed by atoms with van der Waals surface area (Å²) in [6.07, 6.45) is -4.34. The van der Waals surface area contributed by atoms with Crippen LogP contribution < -0.4 is 11.1 Å². The molecule has 13 heteroatoms. The Morgan fingerprint density at radius 2 is 1.77 bits per heavy atom. The lowest BCUT2D eigenvalue weighted by molar-refractivity contribution is -0.137. The van der Waals surface area contributed by atoms with Gasteiger partial charge in [-0.1, -0.05) is 12.1 Å². The molecule has 0 aliphatic heterocycles. The van der Waals surface area contributed by atoms with Crippen LogP contribution in [0.25, 0.3) is 0 Å². The summed E-state index contributed by atoms with van der Waals surface area (Å²) >= 11 is 0. The maximum atomic E-state index is 12.9. The standard InChI is InChI=1S/C13H10F6N4O2S/c14-12(15,16)9-6-22-11(20)23-10(9)21-5-7-2-1-3-8(4-7)26(24,25)13(17,18)19/h1-4,6H,5H2,(H3,20,21,22,23). The summed E-state index contributed by atoms with van der Waals surface area (Å²) in [5.74, 6) is -1.14. The Hall–Kier alpha value is -2.57. The number of aromatic nitrogens is 2. The van der Waals surface area contributed by atoms with E-state index in [0.717, 1.165) is 12.1 Å². The van der Waals surface area contributed by atoms with Crippen molar-refractivity contribution >= 4 is 21.6 Å². The van der Waals surface area contributed by atoms with Gasteiger partial charge in [-0.05, 0) is 17.7 Å². The largest absolute Gasteiger partial charge is 0.501 e. The van der Waals surface area contributed by atoms with E-state index in [1.807, 2.05) is 0 Å². The number of benzene rings is 1. The lowest BCUT2D eigenvalue weighted by Gasteiger charge is -2.14. The summed E-state index contributed by atoms with van der Waals surface area (Å²) < 4.78 is 99.1. The molecule has 1 aromatic carbocycles. The van der Waals surface area contributed by atoms with Gasteiger partial charge < -0.3 is 11.1 Å². The molecule has 0 saturated carbocycles. The minimum atomic E-state index is -5.57. The summed E-state index contributed by atoms with van der Waals surface area (Å²) in [6.45, 7) is -0.430. The maximum absolute atomic E-state index is 12.9. The van der Waals surface area contributed by atoms with Crippen LogP contribution in [0.3, 0.4) is 0 Å². The van der Waals surface area contributed by atoms with Crippen LogP contribution >= 0.6 is 0 Å². The van der Waals surface area contributed by atoms with Gasteiger partial charge in [0.1, 0.15) is 11.4 Å². The number of sulfone groups is 1. The van der Waals surface area contributed by atoms with E-state index in [1.54, 1.807) is 0 Å². The summed E-state index contributed by atoms with van der Waals surface area (Å²) in [5, 5.41) is 2.27. The third-order valence-electron chi connectivity index (χ3n) is 3.09. The van der Waals surface area contributed by atoms with Crippen LogP contribution in [0.2, 0.25) is 0 Å². The molecular formula is C13H10F6N4O2S. The van der Waals surface area contributed by atoms with Gasteiger partial charge in [-0.2, -0.15) is 31.3 Å². The highest BCUT2D eigenvalue weighted by Gasteiger charge is 2.46. The predicted octanol–water partition coefficient (Wildman–Crippen LogP) is 2.98. The normalized spacial score (nSPS) is 12.8. The smallest absolute Gasteiger partial charge is 0.368 e. The quantitative estimate of drug-likeness (QED) is 0.766. The monoisotopic (exact) mass is 400 g/mol. The highest BCUT2D eigenvalue weighted by Crippen LogP contribution is 2.34. The van der Waals surface area contributed by atoms with E-state index in [1.165, 1.54) is 6.07 Å². The zero-order valence-electron chi connectivity index (χ0n) is 12.6. The molecule has 142 valence electrons. The van der Waals surface area contributed by atoms with Crippen LogP contribution in [0, 0.1) is 0 Å². The SMILES string of the molecule is Nc1ncc(C(F)(F)F)c(NCc2cccc(S(=O)(=O)C(F)(F)F)c2)n1. The molecule has 1 aromatic heterocycles. The second-order valence-electron chi connectivity index (χ2n) is 4.94. The van der Waals surface area contributed by atoms with E-state index in [-0.39, 0.29) is 5.56 Å². The second kappa shape index (κ2) is 6.63. The van der Waals surface area contributed by atoms with E-state index in [0.29, 0.717) is 12.3 Å². The first kappa shape index (κ1) is 19.8. The minimum Gasteiger partial charge on any atom is -0.368 e. The number of nitrogen functional groups attached to an aromatic ring is 1. The zero-order chi connectivity index (χ0) is 19.8. The van der Waals surface area contributed by atoms with Crippen molar-refractivity contribution in [1.29, 1.82) is 0 Å². The fourth-order valence-electron chi connectivity index (χ4n) is 1.88. The van der Waals surface area contributed by atoms with E-state index in [9.17, 15) is 34.8 Å². The number of alkyl halides is 6. The van der Waals surface area contributed by atoms with Crippen molar-refractivity contribution in [3.05, 3.63) is 41.6 Å². The van der Waals surface area contributed by atoms with Gasteiger partial charge in [0.15, 0.2) is 0 Å². The number of rotatable bonds is 4. The fraction of sp³-hybridized carbons (Fsp3) is 0.231. The molecule has 0 radical (unpaired) electrons. The van der Waals surface area contributed by atoms with Crippen LogP contribution in [0.4, 0.5) is 38.1 Å². The van der Waals surface area contributed by atoms with Gasteiger partial charge in [0.2, 0.25) is 5.95 Å². The number of nitrogens with zero attached hydrogens (tertiary/aromatic N) is 2. The maximum Gasteiger partial charge on any atom is 0.501 e. The third kappa shape index (κ3) is 4.15. The number of hydrogen-bond acceptors (Lipinski definition) is 6. The topological polar surface area (TPSA) is 98.0 Å². The molecule has 26 heavy (non-hydrogen) atoms.